The molecule has 4 rings (SSSR count). The minimum absolute atomic E-state index is 0.0815. The molecule has 0 bridgehead atoms. The van der Waals surface area contributed by atoms with Crippen LogP contribution in [0.4, 0.5) is 11.4 Å². The molecule has 168 valence electrons. The van der Waals surface area contributed by atoms with Crippen LogP contribution < -0.4 is 19.7 Å². The van der Waals surface area contributed by atoms with Crippen molar-refractivity contribution in [2.45, 2.75) is 32.1 Å². The molecule has 1 aromatic heterocycles. The molecule has 32 heavy (non-hydrogen) atoms. The summed E-state index contributed by atoms with van der Waals surface area (Å²) in [5, 5.41) is 5.69. The van der Waals surface area contributed by atoms with Gasteiger partial charge in [0, 0.05) is 29.8 Å². The van der Waals surface area contributed by atoms with E-state index in [0.29, 0.717) is 11.5 Å². The van der Waals surface area contributed by atoms with Crippen LogP contribution in [0.5, 0.6) is 11.5 Å². The van der Waals surface area contributed by atoms with Crippen molar-refractivity contribution in [1.82, 2.24) is 4.98 Å². The smallest absolute Gasteiger partial charge is 0.230 e. The van der Waals surface area contributed by atoms with Crippen molar-refractivity contribution in [2.75, 3.05) is 37.5 Å². The number of carbonyl (C=O) groups is 1. The molecule has 0 unspecified atom stereocenters. The highest BCUT2D eigenvalue weighted by Gasteiger charge is 2.16. The van der Waals surface area contributed by atoms with Crippen LogP contribution >= 0.6 is 11.3 Å². The van der Waals surface area contributed by atoms with Crippen LogP contribution in [0.15, 0.2) is 47.8 Å². The lowest BCUT2D eigenvalue weighted by atomic mass is 10.2. The first-order valence-corrected chi connectivity index (χ1v) is 11.9. The Balaban J connectivity index is 1.39. The number of nitrogens with zero attached hydrogens (tertiary/aromatic N) is 2. The van der Waals surface area contributed by atoms with Crippen molar-refractivity contribution < 1.29 is 14.3 Å². The standard InChI is InChI=1S/C25H29N3O3S/c1-30-22-9-7-8-21(24(22)31-2)25-27-19(17-32-25)16-23(29)26-18-10-12-20(13-11-18)28-14-5-3-4-6-15-28/h7-13,17H,3-6,14-16H2,1-2H3,(H,26,29). The molecule has 0 radical (unpaired) electrons. The van der Waals surface area contributed by atoms with Gasteiger partial charge in [-0.3, -0.25) is 4.79 Å². The number of anilines is 2. The average Bonchev–Trinajstić information content (AvgIpc) is 3.10. The number of rotatable bonds is 7. The van der Waals surface area contributed by atoms with Gasteiger partial charge in [0.15, 0.2) is 11.5 Å². The van der Waals surface area contributed by atoms with Gasteiger partial charge in [0.05, 0.1) is 31.9 Å². The Hall–Kier alpha value is -3.06. The van der Waals surface area contributed by atoms with E-state index in [2.05, 4.69) is 27.3 Å². The van der Waals surface area contributed by atoms with Crippen LogP contribution in [0.1, 0.15) is 31.4 Å². The number of carbonyl (C=O) groups excluding carboxylic acids is 1. The summed E-state index contributed by atoms with van der Waals surface area (Å²) < 4.78 is 10.9. The normalized spacial score (nSPS) is 14.0. The minimum Gasteiger partial charge on any atom is -0.493 e. The quantitative estimate of drug-likeness (QED) is 0.522. The van der Waals surface area contributed by atoms with Crippen molar-refractivity contribution in [2.24, 2.45) is 0 Å². The highest BCUT2D eigenvalue weighted by molar-refractivity contribution is 7.13. The topological polar surface area (TPSA) is 63.7 Å². The first-order chi connectivity index (χ1) is 15.7. The summed E-state index contributed by atoms with van der Waals surface area (Å²) in [6.07, 6.45) is 5.34. The number of amides is 1. The van der Waals surface area contributed by atoms with Gasteiger partial charge in [0.25, 0.3) is 0 Å². The number of thiazole rings is 1. The van der Waals surface area contributed by atoms with Gasteiger partial charge in [0.1, 0.15) is 5.01 Å². The second-order valence-corrected chi connectivity index (χ2v) is 8.72. The molecule has 2 aromatic carbocycles. The van der Waals surface area contributed by atoms with Gasteiger partial charge in [-0.1, -0.05) is 18.9 Å². The Morgan fingerprint density at radius 2 is 1.78 bits per heavy atom. The monoisotopic (exact) mass is 451 g/mol. The summed E-state index contributed by atoms with van der Waals surface area (Å²) in [5.74, 6) is 1.22. The fraction of sp³-hybridized carbons (Fsp3) is 0.360. The van der Waals surface area contributed by atoms with E-state index >= 15 is 0 Å². The maximum Gasteiger partial charge on any atom is 0.230 e. The van der Waals surface area contributed by atoms with Crippen LogP contribution in [0.2, 0.25) is 0 Å². The third-order valence-corrected chi connectivity index (χ3v) is 6.57. The number of hydrogen-bond acceptors (Lipinski definition) is 6. The SMILES string of the molecule is COc1cccc(-c2nc(CC(=O)Nc3ccc(N4CCCCCC4)cc3)cs2)c1OC. The molecular formula is C25H29N3O3S. The Morgan fingerprint density at radius 3 is 2.47 bits per heavy atom. The van der Waals surface area contributed by atoms with E-state index < -0.39 is 0 Å². The first kappa shape index (κ1) is 22.1. The van der Waals surface area contributed by atoms with Crippen LogP contribution in [0.25, 0.3) is 10.6 Å². The van der Waals surface area contributed by atoms with E-state index in [0.717, 1.165) is 35.0 Å². The molecule has 7 heteroatoms. The molecule has 2 heterocycles. The van der Waals surface area contributed by atoms with Crippen molar-refractivity contribution >= 4 is 28.6 Å². The molecule has 0 aliphatic carbocycles. The maximum atomic E-state index is 12.6. The zero-order chi connectivity index (χ0) is 22.3. The summed E-state index contributed by atoms with van der Waals surface area (Å²) in [4.78, 5) is 19.7. The second kappa shape index (κ2) is 10.5. The van der Waals surface area contributed by atoms with E-state index in [4.69, 9.17) is 9.47 Å². The maximum absolute atomic E-state index is 12.6. The van der Waals surface area contributed by atoms with E-state index in [9.17, 15) is 4.79 Å². The molecule has 1 fully saturated rings. The Kier molecular flexibility index (Phi) is 7.27. The van der Waals surface area contributed by atoms with Gasteiger partial charge < -0.3 is 19.7 Å². The van der Waals surface area contributed by atoms with E-state index in [-0.39, 0.29) is 12.3 Å². The molecule has 6 nitrogen and oxygen atoms in total. The zero-order valence-electron chi connectivity index (χ0n) is 18.6. The number of methoxy groups -OCH3 is 2. The van der Waals surface area contributed by atoms with Gasteiger partial charge in [-0.05, 0) is 49.2 Å². The predicted octanol–water partition coefficient (Wildman–Crippen LogP) is 5.39. The third-order valence-electron chi connectivity index (χ3n) is 5.65. The minimum atomic E-state index is -0.0815. The molecule has 0 spiro atoms. The lowest BCUT2D eigenvalue weighted by molar-refractivity contribution is -0.115. The van der Waals surface area contributed by atoms with Crippen molar-refractivity contribution in [3.63, 3.8) is 0 Å². The lowest BCUT2D eigenvalue weighted by Crippen LogP contribution is -2.23. The van der Waals surface area contributed by atoms with Crippen LogP contribution in [0.3, 0.4) is 0 Å². The van der Waals surface area contributed by atoms with E-state index in [1.165, 1.54) is 42.7 Å². The fourth-order valence-electron chi connectivity index (χ4n) is 4.02. The molecule has 1 aliphatic heterocycles. The second-order valence-electron chi connectivity index (χ2n) is 7.86. The third kappa shape index (κ3) is 5.22. The fourth-order valence-corrected chi connectivity index (χ4v) is 4.86. The first-order valence-electron chi connectivity index (χ1n) is 11.0. The number of nitrogens with one attached hydrogen (secondary N) is 1. The molecule has 3 aromatic rings. The van der Waals surface area contributed by atoms with Gasteiger partial charge >= 0.3 is 0 Å². The Bertz CT molecular complexity index is 1040. The summed E-state index contributed by atoms with van der Waals surface area (Å²) in [6.45, 7) is 2.21. The summed E-state index contributed by atoms with van der Waals surface area (Å²) >= 11 is 1.49. The Labute approximate surface area is 193 Å². The Morgan fingerprint density at radius 1 is 1.03 bits per heavy atom. The highest BCUT2D eigenvalue weighted by atomic mass is 32.1. The van der Waals surface area contributed by atoms with Crippen LogP contribution in [-0.2, 0) is 11.2 Å². The van der Waals surface area contributed by atoms with E-state index in [1.54, 1.807) is 14.2 Å². The summed E-state index contributed by atoms with van der Waals surface area (Å²) in [6, 6.07) is 13.8. The van der Waals surface area contributed by atoms with Crippen LogP contribution in [-0.4, -0.2) is 38.2 Å². The lowest BCUT2D eigenvalue weighted by Gasteiger charge is -2.22. The predicted molar refractivity (Wildman–Crippen MR) is 130 cm³/mol. The molecule has 0 saturated carbocycles. The van der Waals surface area contributed by atoms with Gasteiger partial charge in [0.2, 0.25) is 5.91 Å². The molecule has 1 aliphatic rings. The average molecular weight is 452 g/mol. The molecule has 1 amide bonds. The van der Waals surface area contributed by atoms with Gasteiger partial charge in [-0.15, -0.1) is 11.3 Å². The van der Waals surface area contributed by atoms with Crippen molar-refractivity contribution in [3.8, 4) is 22.1 Å². The molecule has 1 N–H and O–H groups in total. The molecule has 0 atom stereocenters. The number of para-hydroxylation sites is 1. The number of ether oxygens (including phenoxy) is 2. The van der Waals surface area contributed by atoms with Gasteiger partial charge in [-0.2, -0.15) is 0 Å². The molecular weight excluding hydrogens is 422 g/mol. The zero-order valence-corrected chi connectivity index (χ0v) is 19.4. The number of benzene rings is 2. The number of aromatic nitrogens is 1. The van der Waals surface area contributed by atoms with Gasteiger partial charge in [-0.25, -0.2) is 4.98 Å². The van der Waals surface area contributed by atoms with Crippen LogP contribution in [0, 0.1) is 0 Å². The molecule has 1 saturated heterocycles. The number of hydrogen-bond donors (Lipinski definition) is 1. The summed E-state index contributed by atoms with van der Waals surface area (Å²) in [7, 11) is 3.22. The summed E-state index contributed by atoms with van der Waals surface area (Å²) in [5.41, 5.74) is 3.61. The van der Waals surface area contributed by atoms with E-state index in [1.807, 2.05) is 35.7 Å². The highest BCUT2D eigenvalue weighted by Crippen LogP contribution is 2.39. The largest absolute Gasteiger partial charge is 0.493 e. The van der Waals surface area contributed by atoms with Crippen molar-refractivity contribution in [1.29, 1.82) is 0 Å². The van der Waals surface area contributed by atoms with Crippen molar-refractivity contribution in [3.05, 3.63) is 53.5 Å².